The van der Waals surface area contributed by atoms with Gasteiger partial charge < -0.3 is 10.4 Å². The summed E-state index contributed by atoms with van der Waals surface area (Å²) in [4.78, 5) is 25.3. The molecule has 18 heavy (non-hydrogen) atoms. The van der Waals surface area contributed by atoms with E-state index in [1.54, 1.807) is 0 Å². The lowest BCUT2D eigenvalue weighted by atomic mass is 10.00. The zero-order chi connectivity index (χ0) is 13.1. The van der Waals surface area contributed by atoms with Gasteiger partial charge in [0.15, 0.2) is 0 Å². The molecule has 102 valence electrons. The number of carbonyl (C=O) groups is 2. The Balaban J connectivity index is 1.86. The van der Waals surface area contributed by atoms with Crippen molar-refractivity contribution in [1.82, 2.24) is 10.2 Å². The molecule has 2 N–H and O–H groups in total. The van der Waals surface area contributed by atoms with Gasteiger partial charge in [0.2, 0.25) is 11.8 Å². The number of aliphatic hydroxyl groups is 1. The molecule has 1 aliphatic heterocycles. The van der Waals surface area contributed by atoms with E-state index in [4.69, 9.17) is 0 Å². The van der Waals surface area contributed by atoms with E-state index in [0.29, 0.717) is 6.54 Å². The molecular formula is C13H22N2O3. The predicted octanol–water partition coefficient (Wildman–Crippen LogP) is 0.132. The molecule has 1 saturated carbocycles. The maximum Gasteiger partial charge on any atom is 0.233 e. The summed E-state index contributed by atoms with van der Waals surface area (Å²) in [6.07, 6.45) is 2.97. The maximum absolute atomic E-state index is 12.0. The van der Waals surface area contributed by atoms with E-state index in [1.807, 2.05) is 6.92 Å². The summed E-state index contributed by atoms with van der Waals surface area (Å²) >= 11 is 0. The molecule has 3 unspecified atom stereocenters. The molecule has 1 heterocycles. The summed E-state index contributed by atoms with van der Waals surface area (Å²) in [5, 5.41) is 12.9. The van der Waals surface area contributed by atoms with Gasteiger partial charge in [-0.25, -0.2) is 0 Å². The minimum Gasteiger partial charge on any atom is -0.390 e. The minimum absolute atomic E-state index is 0.0722. The van der Waals surface area contributed by atoms with Crippen LogP contribution in [0.15, 0.2) is 0 Å². The number of fused-ring (bicyclic) bond motifs is 1. The molecule has 2 rings (SSSR count). The Hall–Kier alpha value is -0.940. The molecule has 0 aromatic heterocycles. The van der Waals surface area contributed by atoms with Crippen molar-refractivity contribution in [2.45, 2.75) is 38.7 Å². The lowest BCUT2D eigenvalue weighted by Gasteiger charge is -2.20. The van der Waals surface area contributed by atoms with Crippen LogP contribution in [0.5, 0.6) is 0 Å². The summed E-state index contributed by atoms with van der Waals surface area (Å²) in [6.45, 7) is 3.46. The van der Waals surface area contributed by atoms with Crippen molar-refractivity contribution in [3.05, 3.63) is 0 Å². The number of carbonyl (C=O) groups excluding carboxylic acids is 2. The van der Waals surface area contributed by atoms with Crippen molar-refractivity contribution >= 4 is 11.8 Å². The van der Waals surface area contributed by atoms with Crippen molar-refractivity contribution in [1.29, 1.82) is 0 Å². The lowest BCUT2D eigenvalue weighted by Crippen LogP contribution is -2.42. The number of rotatable bonds is 6. The van der Waals surface area contributed by atoms with Crippen LogP contribution < -0.4 is 5.32 Å². The second kappa shape index (κ2) is 5.80. The fourth-order valence-electron chi connectivity index (χ4n) is 2.96. The van der Waals surface area contributed by atoms with Gasteiger partial charge in [0, 0.05) is 6.54 Å². The first-order valence-corrected chi connectivity index (χ1v) is 6.89. The van der Waals surface area contributed by atoms with Gasteiger partial charge in [0.1, 0.15) is 0 Å². The van der Waals surface area contributed by atoms with Gasteiger partial charge in [-0.15, -0.1) is 0 Å². The molecule has 0 radical (unpaired) electrons. The van der Waals surface area contributed by atoms with E-state index in [2.05, 4.69) is 5.32 Å². The Bertz CT molecular complexity index is 310. The van der Waals surface area contributed by atoms with Crippen LogP contribution in [0.3, 0.4) is 0 Å². The van der Waals surface area contributed by atoms with Crippen molar-refractivity contribution in [3.63, 3.8) is 0 Å². The van der Waals surface area contributed by atoms with Gasteiger partial charge in [-0.3, -0.25) is 14.5 Å². The van der Waals surface area contributed by atoms with E-state index in [-0.39, 0.29) is 30.2 Å². The van der Waals surface area contributed by atoms with Gasteiger partial charge >= 0.3 is 0 Å². The zero-order valence-electron chi connectivity index (χ0n) is 10.9. The molecule has 2 amide bonds. The fourth-order valence-corrected chi connectivity index (χ4v) is 2.96. The number of hydrogen-bond donors (Lipinski definition) is 2. The Morgan fingerprint density at radius 3 is 2.50 bits per heavy atom. The number of nitrogens with zero attached hydrogens (tertiary/aromatic N) is 1. The number of amides is 2. The second-order valence-corrected chi connectivity index (χ2v) is 5.29. The number of imide groups is 1. The molecule has 5 heteroatoms. The van der Waals surface area contributed by atoms with Crippen LogP contribution in [0.1, 0.15) is 32.6 Å². The monoisotopic (exact) mass is 254 g/mol. The molecular weight excluding hydrogens is 232 g/mol. The summed E-state index contributed by atoms with van der Waals surface area (Å²) in [5.41, 5.74) is 0. The SMILES string of the molecule is CCCNCC(O)CN1C(=O)C2CCCC2C1=O. The number of hydrogen-bond acceptors (Lipinski definition) is 4. The largest absolute Gasteiger partial charge is 0.390 e. The number of aliphatic hydroxyl groups excluding tert-OH is 1. The van der Waals surface area contributed by atoms with Crippen LogP contribution in [-0.2, 0) is 9.59 Å². The molecule has 3 atom stereocenters. The van der Waals surface area contributed by atoms with Crippen molar-refractivity contribution in [3.8, 4) is 0 Å². The summed E-state index contributed by atoms with van der Waals surface area (Å²) < 4.78 is 0. The summed E-state index contributed by atoms with van der Waals surface area (Å²) in [7, 11) is 0. The average molecular weight is 254 g/mol. The third-order valence-corrected chi connectivity index (χ3v) is 3.88. The smallest absolute Gasteiger partial charge is 0.233 e. The van der Waals surface area contributed by atoms with Gasteiger partial charge in [0.05, 0.1) is 24.5 Å². The first kappa shape index (κ1) is 13.5. The van der Waals surface area contributed by atoms with E-state index in [1.165, 1.54) is 4.90 Å². The zero-order valence-corrected chi connectivity index (χ0v) is 10.9. The highest BCUT2D eigenvalue weighted by Gasteiger charge is 2.49. The number of β-amino-alcohol motifs (C(OH)–C–C–N with tert-alkyl or cyclic N) is 1. The molecule has 0 spiro atoms. The first-order valence-electron chi connectivity index (χ1n) is 6.89. The Labute approximate surface area is 108 Å². The van der Waals surface area contributed by atoms with E-state index in [0.717, 1.165) is 32.2 Å². The Morgan fingerprint density at radius 2 is 1.94 bits per heavy atom. The standard InChI is InChI=1S/C13H22N2O3/c1-2-6-14-7-9(16)8-15-12(17)10-4-3-5-11(10)13(15)18/h9-11,14,16H,2-8H2,1H3. The minimum atomic E-state index is -0.664. The molecule has 0 aromatic carbocycles. The van der Waals surface area contributed by atoms with Crippen LogP contribution in [0.2, 0.25) is 0 Å². The number of likely N-dealkylation sites (tertiary alicyclic amines) is 1. The lowest BCUT2D eigenvalue weighted by molar-refractivity contribution is -0.141. The summed E-state index contributed by atoms with van der Waals surface area (Å²) in [6, 6.07) is 0. The Kier molecular flexibility index (Phi) is 4.35. The van der Waals surface area contributed by atoms with Crippen LogP contribution in [0.25, 0.3) is 0 Å². The first-order chi connectivity index (χ1) is 8.65. The molecule has 1 saturated heterocycles. The van der Waals surface area contributed by atoms with Gasteiger partial charge in [-0.1, -0.05) is 13.3 Å². The fraction of sp³-hybridized carbons (Fsp3) is 0.846. The molecule has 0 aromatic rings. The van der Waals surface area contributed by atoms with Crippen LogP contribution >= 0.6 is 0 Å². The van der Waals surface area contributed by atoms with E-state index < -0.39 is 6.10 Å². The highest BCUT2D eigenvalue weighted by Crippen LogP contribution is 2.39. The van der Waals surface area contributed by atoms with E-state index in [9.17, 15) is 14.7 Å². The topological polar surface area (TPSA) is 69.6 Å². The third-order valence-electron chi connectivity index (χ3n) is 3.88. The number of nitrogens with one attached hydrogen (secondary N) is 1. The normalized spacial score (nSPS) is 28.9. The molecule has 2 fully saturated rings. The molecule has 5 nitrogen and oxygen atoms in total. The van der Waals surface area contributed by atoms with E-state index >= 15 is 0 Å². The van der Waals surface area contributed by atoms with Gasteiger partial charge in [-0.2, -0.15) is 0 Å². The highest BCUT2D eigenvalue weighted by atomic mass is 16.3. The molecule has 0 bridgehead atoms. The second-order valence-electron chi connectivity index (χ2n) is 5.29. The van der Waals surface area contributed by atoms with Crippen LogP contribution in [-0.4, -0.2) is 47.6 Å². The van der Waals surface area contributed by atoms with Gasteiger partial charge in [-0.05, 0) is 25.8 Å². The van der Waals surface area contributed by atoms with Crippen molar-refractivity contribution < 1.29 is 14.7 Å². The quantitative estimate of drug-likeness (QED) is 0.522. The molecule has 1 aliphatic carbocycles. The Morgan fingerprint density at radius 1 is 1.33 bits per heavy atom. The van der Waals surface area contributed by atoms with Crippen LogP contribution in [0.4, 0.5) is 0 Å². The summed E-state index contributed by atoms with van der Waals surface area (Å²) in [5.74, 6) is -0.351. The molecule has 2 aliphatic rings. The van der Waals surface area contributed by atoms with Crippen molar-refractivity contribution in [2.24, 2.45) is 11.8 Å². The maximum atomic E-state index is 12.0. The highest BCUT2D eigenvalue weighted by molar-refractivity contribution is 6.05. The third kappa shape index (κ3) is 2.57. The van der Waals surface area contributed by atoms with Gasteiger partial charge in [0.25, 0.3) is 0 Å². The van der Waals surface area contributed by atoms with Crippen molar-refractivity contribution in [2.75, 3.05) is 19.6 Å². The average Bonchev–Trinajstić information content (AvgIpc) is 2.90. The van der Waals surface area contributed by atoms with Crippen LogP contribution in [0, 0.1) is 11.8 Å². The predicted molar refractivity (Wildman–Crippen MR) is 66.7 cm³/mol.